The van der Waals surface area contributed by atoms with Gasteiger partial charge in [0.15, 0.2) is 0 Å². The Kier molecular flexibility index (Phi) is 6.21. The van der Waals surface area contributed by atoms with Crippen LogP contribution in [0.15, 0.2) is 36.4 Å². The maximum absolute atomic E-state index is 12.5. The van der Waals surface area contributed by atoms with Crippen molar-refractivity contribution in [1.82, 2.24) is 14.9 Å². The number of benzene rings is 1. The van der Waals surface area contributed by atoms with E-state index in [1.807, 2.05) is 43.1 Å². The third kappa shape index (κ3) is 5.04. The highest BCUT2D eigenvalue weighted by Crippen LogP contribution is 2.22. The van der Waals surface area contributed by atoms with Gasteiger partial charge in [0.2, 0.25) is 5.91 Å². The minimum Gasteiger partial charge on any atom is -0.373 e. The summed E-state index contributed by atoms with van der Waals surface area (Å²) >= 11 is 0. The van der Waals surface area contributed by atoms with Gasteiger partial charge in [0.25, 0.3) is 0 Å². The summed E-state index contributed by atoms with van der Waals surface area (Å²) in [6, 6.07) is 12.3. The Morgan fingerprint density at radius 3 is 2.62 bits per heavy atom. The lowest BCUT2D eigenvalue weighted by molar-refractivity contribution is -0.132. The van der Waals surface area contributed by atoms with Gasteiger partial charge in [-0.1, -0.05) is 30.3 Å². The molecule has 3 rings (SSSR count). The van der Waals surface area contributed by atoms with Crippen molar-refractivity contribution >= 4 is 11.7 Å². The van der Waals surface area contributed by atoms with Crippen molar-refractivity contribution in [3.05, 3.63) is 53.5 Å². The van der Waals surface area contributed by atoms with E-state index < -0.39 is 0 Å². The van der Waals surface area contributed by atoms with Crippen LogP contribution >= 0.6 is 0 Å². The van der Waals surface area contributed by atoms with E-state index in [1.54, 1.807) is 0 Å². The molecule has 138 valence electrons. The molecule has 0 atom stereocenters. The van der Waals surface area contributed by atoms with Crippen molar-refractivity contribution in [3.8, 4) is 0 Å². The first-order valence-electron chi connectivity index (χ1n) is 9.48. The standard InChI is InChI=1S/C21H28N4O/c1-16-23-19(15-20(22-2)24-16)14-18-10-12-25(13-11-18)21(26)9-8-17-6-4-3-5-7-17/h3-7,15,18H,8-14H2,1-2H3,(H,22,23,24). The average Bonchev–Trinajstić information content (AvgIpc) is 2.67. The predicted octanol–water partition coefficient (Wildman–Crippen LogP) is 3.24. The van der Waals surface area contributed by atoms with Gasteiger partial charge in [0, 0.05) is 38.3 Å². The van der Waals surface area contributed by atoms with E-state index in [0.717, 1.165) is 56.1 Å². The molecule has 5 nitrogen and oxygen atoms in total. The van der Waals surface area contributed by atoms with E-state index in [0.29, 0.717) is 12.3 Å². The monoisotopic (exact) mass is 352 g/mol. The van der Waals surface area contributed by atoms with Gasteiger partial charge in [-0.05, 0) is 44.1 Å². The number of aryl methyl sites for hydroxylation is 2. The Morgan fingerprint density at radius 1 is 1.19 bits per heavy atom. The molecule has 1 aliphatic heterocycles. The summed E-state index contributed by atoms with van der Waals surface area (Å²) in [7, 11) is 1.88. The van der Waals surface area contributed by atoms with Crippen LogP contribution in [-0.4, -0.2) is 40.9 Å². The molecular weight excluding hydrogens is 324 g/mol. The summed E-state index contributed by atoms with van der Waals surface area (Å²) < 4.78 is 0. The molecule has 1 saturated heterocycles. The summed E-state index contributed by atoms with van der Waals surface area (Å²) in [6.07, 6.45) is 4.49. The number of hydrogen-bond acceptors (Lipinski definition) is 4. The van der Waals surface area contributed by atoms with E-state index in [4.69, 9.17) is 0 Å². The number of nitrogens with zero attached hydrogens (tertiary/aromatic N) is 3. The molecule has 2 aromatic rings. The van der Waals surface area contributed by atoms with Gasteiger partial charge in [-0.15, -0.1) is 0 Å². The van der Waals surface area contributed by atoms with Crippen molar-refractivity contribution < 1.29 is 4.79 Å². The first-order chi connectivity index (χ1) is 12.6. The normalized spacial score (nSPS) is 15.1. The van der Waals surface area contributed by atoms with Crippen LogP contribution in [0.1, 0.15) is 36.3 Å². The van der Waals surface area contributed by atoms with Crippen LogP contribution in [0.25, 0.3) is 0 Å². The third-order valence-electron chi connectivity index (χ3n) is 5.08. The van der Waals surface area contributed by atoms with E-state index in [9.17, 15) is 4.79 Å². The molecule has 0 spiro atoms. The SMILES string of the molecule is CNc1cc(CC2CCN(C(=O)CCc3ccccc3)CC2)nc(C)n1. The highest BCUT2D eigenvalue weighted by molar-refractivity contribution is 5.76. The number of amides is 1. The molecule has 0 radical (unpaired) electrons. The van der Waals surface area contributed by atoms with E-state index >= 15 is 0 Å². The Bertz CT molecular complexity index is 724. The lowest BCUT2D eigenvalue weighted by atomic mass is 9.91. The Hall–Kier alpha value is -2.43. The second-order valence-corrected chi connectivity index (χ2v) is 7.06. The molecule has 5 heteroatoms. The second kappa shape index (κ2) is 8.79. The summed E-state index contributed by atoms with van der Waals surface area (Å²) in [5.74, 6) is 2.55. The molecule has 0 saturated carbocycles. The Morgan fingerprint density at radius 2 is 1.92 bits per heavy atom. The van der Waals surface area contributed by atoms with E-state index in [1.165, 1.54) is 5.56 Å². The number of hydrogen-bond donors (Lipinski definition) is 1. The first-order valence-corrected chi connectivity index (χ1v) is 9.48. The van der Waals surface area contributed by atoms with Crippen molar-refractivity contribution in [2.75, 3.05) is 25.5 Å². The number of likely N-dealkylation sites (tertiary alicyclic amines) is 1. The van der Waals surface area contributed by atoms with Crippen molar-refractivity contribution in [3.63, 3.8) is 0 Å². The maximum Gasteiger partial charge on any atom is 0.222 e. The lowest BCUT2D eigenvalue weighted by Crippen LogP contribution is -2.39. The number of anilines is 1. The fourth-order valence-electron chi connectivity index (χ4n) is 3.60. The van der Waals surface area contributed by atoms with Crippen LogP contribution in [0.2, 0.25) is 0 Å². The highest BCUT2D eigenvalue weighted by Gasteiger charge is 2.23. The Balaban J connectivity index is 1.46. The zero-order chi connectivity index (χ0) is 18.4. The molecule has 26 heavy (non-hydrogen) atoms. The molecule has 1 aromatic carbocycles. The molecular formula is C21H28N4O. The van der Waals surface area contributed by atoms with Crippen molar-refractivity contribution in [2.45, 2.75) is 39.0 Å². The number of piperidine rings is 1. The van der Waals surface area contributed by atoms with Gasteiger partial charge in [0.1, 0.15) is 11.6 Å². The maximum atomic E-state index is 12.5. The zero-order valence-corrected chi connectivity index (χ0v) is 15.7. The lowest BCUT2D eigenvalue weighted by Gasteiger charge is -2.32. The summed E-state index contributed by atoms with van der Waals surface area (Å²) in [5, 5.41) is 3.09. The van der Waals surface area contributed by atoms with Gasteiger partial charge in [-0.3, -0.25) is 4.79 Å². The summed E-state index contributed by atoms with van der Waals surface area (Å²) in [6.45, 7) is 3.65. The van der Waals surface area contributed by atoms with Gasteiger partial charge < -0.3 is 10.2 Å². The van der Waals surface area contributed by atoms with E-state index in [2.05, 4.69) is 27.4 Å². The first kappa shape index (κ1) is 18.4. The minimum absolute atomic E-state index is 0.280. The molecule has 1 fully saturated rings. The molecule has 1 aliphatic rings. The molecule has 2 heterocycles. The van der Waals surface area contributed by atoms with Gasteiger partial charge in [-0.2, -0.15) is 0 Å². The van der Waals surface area contributed by atoms with Crippen molar-refractivity contribution in [2.24, 2.45) is 5.92 Å². The molecule has 0 aliphatic carbocycles. The zero-order valence-electron chi connectivity index (χ0n) is 15.7. The van der Waals surface area contributed by atoms with Crippen LogP contribution in [0.3, 0.4) is 0 Å². The van der Waals surface area contributed by atoms with Crippen LogP contribution in [-0.2, 0) is 17.6 Å². The van der Waals surface area contributed by atoms with Crippen LogP contribution < -0.4 is 5.32 Å². The molecule has 1 aromatic heterocycles. The minimum atomic E-state index is 0.280. The second-order valence-electron chi connectivity index (χ2n) is 7.06. The van der Waals surface area contributed by atoms with Crippen molar-refractivity contribution in [1.29, 1.82) is 0 Å². The molecule has 0 unspecified atom stereocenters. The van der Waals surface area contributed by atoms with Crippen LogP contribution in [0, 0.1) is 12.8 Å². The average molecular weight is 352 g/mol. The molecule has 1 amide bonds. The van der Waals surface area contributed by atoms with Crippen LogP contribution in [0.5, 0.6) is 0 Å². The largest absolute Gasteiger partial charge is 0.373 e. The van der Waals surface area contributed by atoms with Crippen LogP contribution in [0.4, 0.5) is 5.82 Å². The quantitative estimate of drug-likeness (QED) is 0.867. The summed E-state index contributed by atoms with van der Waals surface area (Å²) in [5.41, 5.74) is 2.32. The molecule has 1 N–H and O–H groups in total. The fraction of sp³-hybridized carbons (Fsp3) is 0.476. The van der Waals surface area contributed by atoms with E-state index in [-0.39, 0.29) is 5.91 Å². The van der Waals surface area contributed by atoms with Gasteiger partial charge in [0.05, 0.1) is 0 Å². The smallest absolute Gasteiger partial charge is 0.222 e. The molecule has 0 bridgehead atoms. The van der Waals surface area contributed by atoms with Gasteiger partial charge in [-0.25, -0.2) is 9.97 Å². The summed E-state index contributed by atoms with van der Waals surface area (Å²) in [4.78, 5) is 23.4. The Labute approximate surface area is 155 Å². The number of rotatable bonds is 6. The highest BCUT2D eigenvalue weighted by atomic mass is 16.2. The predicted molar refractivity (Wildman–Crippen MR) is 104 cm³/mol. The fourth-order valence-corrected chi connectivity index (χ4v) is 3.60. The number of aromatic nitrogens is 2. The topological polar surface area (TPSA) is 58.1 Å². The number of carbonyl (C=O) groups excluding carboxylic acids is 1. The third-order valence-corrected chi connectivity index (χ3v) is 5.08. The number of nitrogens with one attached hydrogen (secondary N) is 1. The van der Waals surface area contributed by atoms with Gasteiger partial charge >= 0.3 is 0 Å². The number of carbonyl (C=O) groups is 1.